The Kier molecular flexibility index (Phi) is 5.32. The third kappa shape index (κ3) is 3.67. The minimum atomic E-state index is 0.570. The summed E-state index contributed by atoms with van der Waals surface area (Å²) in [5.41, 5.74) is 0. The van der Waals surface area contributed by atoms with Gasteiger partial charge < -0.3 is 5.32 Å². The van der Waals surface area contributed by atoms with E-state index in [4.69, 9.17) is 0 Å². The number of benzene rings is 1. The molecule has 21 heavy (non-hydrogen) atoms. The van der Waals surface area contributed by atoms with Crippen LogP contribution in [-0.4, -0.2) is 6.54 Å². The number of thiophene rings is 1. The molecule has 114 valence electrons. The Balaban J connectivity index is 1.86. The lowest BCUT2D eigenvalue weighted by Crippen LogP contribution is -2.28. The van der Waals surface area contributed by atoms with E-state index in [1.807, 2.05) is 11.3 Å². The molecule has 0 spiro atoms. The van der Waals surface area contributed by atoms with Gasteiger partial charge in [-0.2, -0.15) is 0 Å². The van der Waals surface area contributed by atoms with Gasteiger partial charge in [-0.1, -0.05) is 50.8 Å². The maximum absolute atomic E-state index is 3.85. The summed E-state index contributed by atoms with van der Waals surface area (Å²) < 4.78 is 1.43. The maximum atomic E-state index is 3.85. The van der Waals surface area contributed by atoms with Gasteiger partial charge in [-0.05, 0) is 49.2 Å². The number of fused-ring (bicyclic) bond motifs is 1. The van der Waals surface area contributed by atoms with E-state index in [0.717, 1.165) is 12.5 Å². The molecule has 1 N–H and O–H groups in total. The third-order valence-electron chi connectivity index (χ3n) is 4.74. The summed E-state index contributed by atoms with van der Waals surface area (Å²) in [6.07, 6.45) is 9.71. The van der Waals surface area contributed by atoms with Crippen molar-refractivity contribution in [2.24, 2.45) is 5.92 Å². The van der Waals surface area contributed by atoms with Crippen LogP contribution in [0.3, 0.4) is 0 Å². The molecule has 0 aliphatic heterocycles. The Morgan fingerprint density at radius 3 is 2.62 bits per heavy atom. The summed E-state index contributed by atoms with van der Waals surface area (Å²) in [5, 5.41) is 5.27. The average molecular weight is 301 g/mol. The molecule has 2 aromatic rings. The molecule has 1 saturated carbocycles. The summed E-state index contributed by atoms with van der Waals surface area (Å²) in [6, 6.07) is 11.8. The van der Waals surface area contributed by atoms with Crippen molar-refractivity contribution in [1.82, 2.24) is 5.32 Å². The average Bonchev–Trinajstić information content (AvgIpc) is 2.75. The van der Waals surface area contributed by atoms with E-state index in [1.54, 1.807) is 4.88 Å². The first-order valence-corrected chi connectivity index (χ1v) is 9.42. The second kappa shape index (κ2) is 7.42. The summed E-state index contributed by atoms with van der Waals surface area (Å²) in [4.78, 5) is 1.55. The Morgan fingerprint density at radius 1 is 1.14 bits per heavy atom. The fourth-order valence-corrected chi connectivity index (χ4v) is 4.83. The first-order valence-electron chi connectivity index (χ1n) is 8.60. The second-order valence-electron chi connectivity index (χ2n) is 6.37. The van der Waals surface area contributed by atoms with Crippen LogP contribution < -0.4 is 5.32 Å². The third-order valence-corrected chi connectivity index (χ3v) is 5.94. The smallest absolute Gasteiger partial charge is 0.0443 e. The molecule has 3 rings (SSSR count). The molecule has 0 amide bonds. The molecule has 1 aliphatic carbocycles. The van der Waals surface area contributed by atoms with Crippen molar-refractivity contribution in [3.05, 3.63) is 35.2 Å². The highest BCUT2D eigenvalue weighted by Gasteiger charge is 2.25. The molecule has 1 nitrogen and oxygen atoms in total. The zero-order valence-electron chi connectivity index (χ0n) is 13.1. The van der Waals surface area contributed by atoms with Crippen LogP contribution in [0.2, 0.25) is 0 Å². The lowest BCUT2D eigenvalue weighted by molar-refractivity contribution is 0.330. The van der Waals surface area contributed by atoms with E-state index >= 15 is 0 Å². The standard InChI is InChI=1S/C19H27NS/c1-2-13-20-19(15-9-5-3-4-6-10-15)18-14-16-11-7-8-12-17(16)21-18/h7-8,11-12,14-15,19-20H,2-6,9-10,13H2,1H3. The quantitative estimate of drug-likeness (QED) is 0.677. The minimum absolute atomic E-state index is 0.570. The predicted octanol–water partition coefficient (Wildman–Crippen LogP) is 5.91. The van der Waals surface area contributed by atoms with Gasteiger partial charge in [-0.3, -0.25) is 0 Å². The molecule has 1 aromatic carbocycles. The molecule has 1 heterocycles. The Labute approximate surface area is 132 Å². The van der Waals surface area contributed by atoms with Crippen LogP contribution in [0.1, 0.15) is 62.8 Å². The van der Waals surface area contributed by atoms with Crippen molar-refractivity contribution in [3.63, 3.8) is 0 Å². The monoisotopic (exact) mass is 301 g/mol. The van der Waals surface area contributed by atoms with E-state index in [0.29, 0.717) is 6.04 Å². The summed E-state index contributed by atoms with van der Waals surface area (Å²) in [6.45, 7) is 3.40. The van der Waals surface area contributed by atoms with Crippen LogP contribution in [0.25, 0.3) is 10.1 Å². The highest BCUT2D eigenvalue weighted by atomic mass is 32.1. The summed E-state index contributed by atoms with van der Waals surface area (Å²) in [7, 11) is 0. The molecule has 1 fully saturated rings. The second-order valence-corrected chi connectivity index (χ2v) is 7.49. The van der Waals surface area contributed by atoms with Crippen molar-refractivity contribution in [2.75, 3.05) is 6.54 Å². The van der Waals surface area contributed by atoms with Crippen LogP contribution in [0, 0.1) is 5.92 Å². The Hall–Kier alpha value is -0.860. The van der Waals surface area contributed by atoms with Gasteiger partial charge in [0.2, 0.25) is 0 Å². The molecule has 1 unspecified atom stereocenters. The Bertz CT molecular complexity index is 518. The molecular formula is C19H27NS. The van der Waals surface area contributed by atoms with Crippen molar-refractivity contribution >= 4 is 21.4 Å². The lowest BCUT2D eigenvalue weighted by atomic mass is 9.90. The van der Waals surface area contributed by atoms with Gasteiger partial charge in [-0.15, -0.1) is 11.3 Å². The first kappa shape index (κ1) is 15.1. The predicted molar refractivity (Wildman–Crippen MR) is 94.1 cm³/mol. The van der Waals surface area contributed by atoms with Crippen molar-refractivity contribution in [1.29, 1.82) is 0 Å². The minimum Gasteiger partial charge on any atom is -0.309 e. The van der Waals surface area contributed by atoms with Gasteiger partial charge in [0.1, 0.15) is 0 Å². The van der Waals surface area contributed by atoms with Crippen LogP contribution in [-0.2, 0) is 0 Å². The number of nitrogens with one attached hydrogen (secondary N) is 1. The van der Waals surface area contributed by atoms with Crippen molar-refractivity contribution in [3.8, 4) is 0 Å². The van der Waals surface area contributed by atoms with E-state index in [9.17, 15) is 0 Å². The zero-order chi connectivity index (χ0) is 14.5. The molecule has 0 saturated heterocycles. The first-order chi connectivity index (χ1) is 10.4. The highest BCUT2D eigenvalue weighted by molar-refractivity contribution is 7.19. The molecule has 1 aromatic heterocycles. The van der Waals surface area contributed by atoms with E-state index in [-0.39, 0.29) is 0 Å². The van der Waals surface area contributed by atoms with Gasteiger partial charge >= 0.3 is 0 Å². The zero-order valence-corrected chi connectivity index (χ0v) is 13.9. The van der Waals surface area contributed by atoms with Crippen LogP contribution in [0.15, 0.2) is 30.3 Å². The van der Waals surface area contributed by atoms with Crippen LogP contribution >= 0.6 is 11.3 Å². The number of hydrogen-bond acceptors (Lipinski definition) is 2. The Morgan fingerprint density at radius 2 is 1.90 bits per heavy atom. The normalized spacial score (nSPS) is 18.7. The summed E-state index contributed by atoms with van der Waals surface area (Å²) in [5.74, 6) is 0.826. The largest absolute Gasteiger partial charge is 0.309 e. The van der Waals surface area contributed by atoms with Gasteiger partial charge in [0, 0.05) is 15.6 Å². The molecule has 0 bridgehead atoms. The SMILES string of the molecule is CCCNC(c1cc2ccccc2s1)C1CCCCCC1. The fraction of sp³-hybridized carbons (Fsp3) is 0.579. The maximum Gasteiger partial charge on any atom is 0.0443 e. The van der Waals surface area contributed by atoms with E-state index in [2.05, 4.69) is 42.6 Å². The van der Waals surface area contributed by atoms with Gasteiger partial charge in [0.05, 0.1) is 0 Å². The molecule has 1 aliphatic rings. The fourth-order valence-electron chi connectivity index (χ4n) is 3.60. The number of rotatable bonds is 5. The van der Waals surface area contributed by atoms with E-state index in [1.165, 1.54) is 55.0 Å². The van der Waals surface area contributed by atoms with Crippen molar-refractivity contribution in [2.45, 2.75) is 57.9 Å². The van der Waals surface area contributed by atoms with E-state index < -0.39 is 0 Å². The molecule has 2 heteroatoms. The summed E-state index contributed by atoms with van der Waals surface area (Å²) >= 11 is 1.99. The molecular weight excluding hydrogens is 274 g/mol. The molecule has 1 atom stereocenters. The van der Waals surface area contributed by atoms with Gasteiger partial charge in [-0.25, -0.2) is 0 Å². The lowest BCUT2D eigenvalue weighted by Gasteiger charge is -2.26. The van der Waals surface area contributed by atoms with Gasteiger partial charge in [0.15, 0.2) is 0 Å². The van der Waals surface area contributed by atoms with Crippen LogP contribution in [0.4, 0.5) is 0 Å². The molecule has 0 radical (unpaired) electrons. The number of hydrogen-bond donors (Lipinski definition) is 1. The van der Waals surface area contributed by atoms with Crippen molar-refractivity contribution < 1.29 is 0 Å². The topological polar surface area (TPSA) is 12.0 Å². The van der Waals surface area contributed by atoms with Crippen LogP contribution in [0.5, 0.6) is 0 Å². The highest BCUT2D eigenvalue weighted by Crippen LogP contribution is 2.38. The van der Waals surface area contributed by atoms with Gasteiger partial charge in [0.25, 0.3) is 0 Å².